The number of amides is 3. The molecule has 59 heavy (non-hydrogen) atoms. The number of ether oxygens (including phenoxy) is 4. The number of carbonyl (C=O) groups is 4. The van der Waals surface area contributed by atoms with E-state index in [4.69, 9.17) is 18.9 Å². The summed E-state index contributed by atoms with van der Waals surface area (Å²) in [7, 11) is 1.45. The van der Waals surface area contributed by atoms with Crippen LogP contribution in [0.4, 0.5) is 10.5 Å². The van der Waals surface area contributed by atoms with Gasteiger partial charge in [0.05, 0.1) is 43.5 Å². The van der Waals surface area contributed by atoms with E-state index in [1.165, 1.54) is 13.2 Å². The highest BCUT2D eigenvalue weighted by Crippen LogP contribution is 2.66. The number of benzene rings is 4. The Balaban J connectivity index is 1.59. The van der Waals surface area contributed by atoms with Crippen LogP contribution in [-0.2, 0) is 34.0 Å². The number of esters is 1. The Labute approximate surface area is 342 Å². The molecule has 13 nitrogen and oxygen atoms in total. The molecule has 3 heterocycles. The van der Waals surface area contributed by atoms with Crippen molar-refractivity contribution in [1.82, 2.24) is 10.2 Å². The van der Waals surface area contributed by atoms with Crippen molar-refractivity contribution in [3.63, 3.8) is 0 Å². The van der Waals surface area contributed by atoms with Gasteiger partial charge in [-0.15, -0.1) is 6.58 Å². The molecule has 3 aliphatic heterocycles. The molecule has 7 rings (SSSR count). The zero-order valence-electron chi connectivity index (χ0n) is 32.5. The molecule has 3 amide bonds. The largest absolute Gasteiger partial charge is 0.491 e. The third-order valence-corrected chi connectivity index (χ3v) is 10.9. The first-order valence-electron chi connectivity index (χ1n) is 19.4. The van der Waals surface area contributed by atoms with Crippen LogP contribution in [0.1, 0.15) is 52.4 Å². The van der Waals surface area contributed by atoms with Crippen LogP contribution in [0, 0.1) is 17.8 Å². The number of imide groups is 1. The van der Waals surface area contributed by atoms with Crippen molar-refractivity contribution >= 4 is 29.6 Å². The van der Waals surface area contributed by atoms with Crippen molar-refractivity contribution in [1.29, 1.82) is 0 Å². The Morgan fingerprint density at radius 1 is 0.881 bits per heavy atom. The molecule has 0 aliphatic carbocycles. The van der Waals surface area contributed by atoms with E-state index in [0.717, 1.165) is 10.5 Å². The van der Waals surface area contributed by atoms with Gasteiger partial charge in [0.1, 0.15) is 36.5 Å². The lowest BCUT2D eigenvalue weighted by Crippen LogP contribution is -2.55. The van der Waals surface area contributed by atoms with Crippen LogP contribution < -0.4 is 15.0 Å². The molecule has 3 N–H and O–H groups in total. The van der Waals surface area contributed by atoms with E-state index in [1.807, 2.05) is 65.6 Å². The van der Waals surface area contributed by atoms with Gasteiger partial charge in [0.15, 0.2) is 0 Å². The molecule has 6 atom stereocenters. The van der Waals surface area contributed by atoms with Crippen LogP contribution in [0.2, 0.25) is 0 Å². The second-order valence-corrected chi connectivity index (χ2v) is 14.2. The van der Waals surface area contributed by atoms with Gasteiger partial charge in [0, 0.05) is 25.6 Å². The lowest BCUT2D eigenvalue weighted by atomic mass is 9.65. The predicted molar refractivity (Wildman–Crippen MR) is 216 cm³/mol. The molecule has 0 unspecified atom stereocenters. The Morgan fingerprint density at radius 2 is 1.61 bits per heavy atom. The standard InChI is InChI=1S/C46H45N3O10/c1-3-22-47-42(52)37-39-43(53)59-40(32-16-8-5-9-17-32)38(31-14-6-4-7-15-31)49(39)41(33-18-12-19-34(29-33)57-25-24-51)46(37)35-28-30(13-10-11-23-50)20-21-36(35)48(44(46)54)45(55)58-27-26-56-2/h3-9,12,14-21,28-29,37-41,50-51H,1,11,22-27H2,2H3,(H,47,52)/t37-,38-,39-,40+,41+,46-/m1/s1. The number of hydrogen-bond acceptors (Lipinski definition) is 11. The van der Waals surface area contributed by atoms with Gasteiger partial charge in [0.2, 0.25) is 11.8 Å². The SMILES string of the molecule is C=CCNC(=O)[C@H]1[C@@H]2C(=O)O[C@@H](c3ccccc3)[C@@H](c3ccccc3)N2[C@@H](c2cccc(OCCO)c2)[C@]12C(=O)N(C(=O)OCCOC)c1ccc(C#CCCO)cc12. The highest BCUT2D eigenvalue weighted by molar-refractivity contribution is 6.23. The monoisotopic (exact) mass is 799 g/mol. The number of aliphatic hydroxyl groups is 2. The molecular formula is C46H45N3O10. The first kappa shape index (κ1) is 40.9. The van der Waals surface area contributed by atoms with Gasteiger partial charge in [-0.1, -0.05) is 90.7 Å². The summed E-state index contributed by atoms with van der Waals surface area (Å²) >= 11 is 0. The minimum Gasteiger partial charge on any atom is -0.491 e. The van der Waals surface area contributed by atoms with Crippen LogP contribution in [-0.4, -0.2) is 91.7 Å². The molecule has 4 aromatic rings. The summed E-state index contributed by atoms with van der Waals surface area (Å²) < 4.78 is 23.1. The van der Waals surface area contributed by atoms with E-state index in [2.05, 4.69) is 23.7 Å². The molecule has 0 bridgehead atoms. The summed E-state index contributed by atoms with van der Waals surface area (Å²) in [5.74, 6) is 2.64. The van der Waals surface area contributed by atoms with Crippen LogP contribution in [0.15, 0.2) is 116 Å². The minimum absolute atomic E-state index is 0.00752. The van der Waals surface area contributed by atoms with E-state index in [0.29, 0.717) is 22.4 Å². The van der Waals surface area contributed by atoms with E-state index in [9.17, 15) is 15.0 Å². The maximum atomic E-state index is 16.0. The maximum absolute atomic E-state index is 16.0. The average Bonchev–Trinajstić information content (AvgIpc) is 3.72. The molecule has 2 saturated heterocycles. The van der Waals surface area contributed by atoms with Crippen molar-refractivity contribution in [2.24, 2.45) is 5.92 Å². The third kappa shape index (κ3) is 7.48. The zero-order valence-corrected chi connectivity index (χ0v) is 32.5. The summed E-state index contributed by atoms with van der Waals surface area (Å²) in [6, 6.07) is 27.2. The number of cyclic esters (lactones) is 1. The second kappa shape index (κ2) is 18.1. The molecule has 13 heteroatoms. The van der Waals surface area contributed by atoms with Crippen LogP contribution >= 0.6 is 0 Å². The molecule has 3 aliphatic rings. The van der Waals surface area contributed by atoms with Gasteiger partial charge in [-0.25, -0.2) is 9.69 Å². The Hall–Kier alpha value is -6.30. The lowest BCUT2D eigenvalue weighted by molar-refractivity contribution is -0.178. The number of morpholine rings is 1. The van der Waals surface area contributed by atoms with Crippen LogP contribution in [0.25, 0.3) is 0 Å². The lowest BCUT2D eigenvalue weighted by Gasteiger charge is -2.46. The molecule has 4 aromatic carbocycles. The van der Waals surface area contributed by atoms with Crippen molar-refractivity contribution in [2.45, 2.75) is 36.1 Å². The highest BCUT2D eigenvalue weighted by atomic mass is 16.6. The summed E-state index contributed by atoms with van der Waals surface area (Å²) in [6.07, 6.45) is -0.238. The van der Waals surface area contributed by atoms with Gasteiger partial charge in [0.25, 0.3) is 0 Å². The number of anilines is 1. The Bertz CT molecular complexity index is 2260. The highest BCUT2D eigenvalue weighted by Gasteiger charge is 2.75. The van der Waals surface area contributed by atoms with Gasteiger partial charge < -0.3 is 34.5 Å². The molecule has 0 aromatic heterocycles. The first-order valence-corrected chi connectivity index (χ1v) is 19.4. The summed E-state index contributed by atoms with van der Waals surface area (Å²) in [5, 5.41) is 22.1. The Kier molecular flexibility index (Phi) is 12.5. The number of fused-ring (bicyclic) bond motifs is 3. The van der Waals surface area contributed by atoms with E-state index >= 15 is 14.4 Å². The fourth-order valence-corrected chi connectivity index (χ4v) is 8.68. The summed E-state index contributed by atoms with van der Waals surface area (Å²) in [5.41, 5.74) is 0.737. The van der Waals surface area contributed by atoms with E-state index in [-0.39, 0.29) is 57.3 Å². The number of carbonyl (C=O) groups excluding carboxylic acids is 4. The maximum Gasteiger partial charge on any atom is 0.421 e. The van der Waals surface area contributed by atoms with Gasteiger partial charge in [-0.2, -0.15) is 0 Å². The minimum atomic E-state index is -2.02. The smallest absolute Gasteiger partial charge is 0.421 e. The van der Waals surface area contributed by atoms with Crippen LogP contribution in [0.5, 0.6) is 5.75 Å². The summed E-state index contributed by atoms with van der Waals surface area (Å²) in [4.78, 5) is 63.1. The van der Waals surface area contributed by atoms with Gasteiger partial charge in [-0.3, -0.25) is 19.3 Å². The van der Waals surface area contributed by atoms with Gasteiger partial charge >= 0.3 is 12.1 Å². The molecule has 2 fully saturated rings. The quantitative estimate of drug-likeness (QED) is 0.0753. The molecular weight excluding hydrogens is 755 g/mol. The first-order chi connectivity index (χ1) is 28.8. The number of aliphatic hydroxyl groups excluding tert-OH is 2. The molecule has 0 saturated carbocycles. The normalized spacial score (nSPS) is 23.1. The van der Waals surface area contributed by atoms with Crippen molar-refractivity contribution in [3.05, 3.63) is 144 Å². The molecule has 0 radical (unpaired) electrons. The fraction of sp³-hybridized carbons (Fsp3) is 0.304. The van der Waals surface area contributed by atoms with Crippen molar-refractivity contribution in [3.8, 4) is 17.6 Å². The van der Waals surface area contributed by atoms with Crippen molar-refractivity contribution in [2.75, 3.05) is 51.6 Å². The number of methoxy groups -OCH3 is 1. The van der Waals surface area contributed by atoms with Gasteiger partial charge in [-0.05, 0) is 52.6 Å². The topological polar surface area (TPSA) is 164 Å². The van der Waals surface area contributed by atoms with Crippen molar-refractivity contribution < 1.29 is 48.3 Å². The average molecular weight is 800 g/mol. The number of nitrogens with zero attached hydrogens (tertiary/aromatic N) is 2. The third-order valence-electron chi connectivity index (χ3n) is 10.9. The number of rotatable bonds is 13. The molecule has 1 spiro atoms. The van der Waals surface area contributed by atoms with E-state index < -0.39 is 59.4 Å². The molecule has 304 valence electrons. The second-order valence-electron chi connectivity index (χ2n) is 14.2. The fourth-order valence-electron chi connectivity index (χ4n) is 8.68. The predicted octanol–water partition coefficient (Wildman–Crippen LogP) is 4.54. The van der Waals surface area contributed by atoms with E-state index in [1.54, 1.807) is 42.5 Å². The number of nitrogens with one attached hydrogen (secondary N) is 1. The van der Waals surface area contributed by atoms with Crippen LogP contribution in [0.3, 0.4) is 0 Å². The Morgan fingerprint density at radius 3 is 2.31 bits per heavy atom. The summed E-state index contributed by atoms with van der Waals surface area (Å²) in [6.45, 7) is 3.22. The zero-order chi connectivity index (χ0) is 41.5. The number of hydrogen-bond donors (Lipinski definition) is 3.